The monoisotopic (exact) mass is 581 g/mol. The number of fused-ring (bicyclic) bond motifs is 1. The van der Waals surface area contributed by atoms with E-state index in [-0.39, 0.29) is 56.2 Å². The van der Waals surface area contributed by atoms with Crippen LogP contribution in [0.5, 0.6) is 5.75 Å². The molecule has 3 N–H and O–H groups in total. The van der Waals surface area contributed by atoms with Crippen molar-refractivity contribution in [3.63, 3.8) is 0 Å². The third-order valence-corrected chi connectivity index (χ3v) is 6.69. The van der Waals surface area contributed by atoms with Gasteiger partial charge in [-0.3, -0.25) is 15.1 Å². The number of carbonyl (C=O) groups excluding carboxylic acids is 1. The Morgan fingerprint density at radius 2 is 1.62 bits per heavy atom. The smallest absolute Gasteiger partial charge is 0.416 e. The Balaban J connectivity index is 1.60. The van der Waals surface area contributed by atoms with Gasteiger partial charge < -0.3 is 10.2 Å². The van der Waals surface area contributed by atoms with Crippen LogP contribution in [0.3, 0.4) is 0 Å². The fourth-order valence-corrected chi connectivity index (χ4v) is 4.68. The lowest BCUT2D eigenvalue weighted by Crippen LogP contribution is -2.26. The van der Waals surface area contributed by atoms with Crippen molar-refractivity contribution in [2.45, 2.75) is 20.0 Å². The summed E-state index contributed by atoms with van der Waals surface area (Å²) in [5.74, 6) is -3.98. The van der Waals surface area contributed by atoms with E-state index in [0.29, 0.717) is 0 Å². The third-order valence-electron chi connectivity index (χ3n) is 6.69. The molecule has 42 heavy (non-hydrogen) atoms. The first kappa shape index (κ1) is 28.3. The van der Waals surface area contributed by atoms with Gasteiger partial charge in [0.15, 0.2) is 5.71 Å². The summed E-state index contributed by atoms with van der Waals surface area (Å²) in [6, 6.07) is 12.5. The Hall–Kier alpha value is -5.26. The van der Waals surface area contributed by atoms with Gasteiger partial charge in [-0.15, -0.1) is 0 Å². The molecule has 214 valence electrons. The zero-order chi connectivity index (χ0) is 30.5. The van der Waals surface area contributed by atoms with Crippen LogP contribution < -0.4 is 10.3 Å². The number of rotatable bonds is 5. The van der Waals surface area contributed by atoms with Crippen molar-refractivity contribution < 1.29 is 41.8 Å². The molecule has 1 amide bonds. The van der Waals surface area contributed by atoms with E-state index in [1.54, 1.807) is 0 Å². The van der Waals surface area contributed by atoms with Crippen LogP contribution in [0.15, 0.2) is 71.8 Å². The summed E-state index contributed by atoms with van der Waals surface area (Å²) in [6.45, 7) is 2.90. The number of phenolic OH excluding ortho intramolecular Hbond substituents is 1. The van der Waals surface area contributed by atoms with Crippen molar-refractivity contribution in [1.29, 1.82) is 0 Å². The van der Waals surface area contributed by atoms with Gasteiger partial charge in [-0.05, 0) is 79.1 Å². The highest BCUT2D eigenvalue weighted by molar-refractivity contribution is 6.55. The molecular formula is C30H20F5N3O4. The van der Waals surface area contributed by atoms with Gasteiger partial charge in [0, 0.05) is 17.2 Å². The minimum absolute atomic E-state index is 0.00501. The first-order valence-corrected chi connectivity index (χ1v) is 12.3. The molecule has 1 aliphatic heterocycles. The molecular weight excluding hydrogens is 561 g/mol. The van der Waals surface area contributed by atoms with E-state index in [0.717, 1.165) is 35.2 Å². The largest absolute Gasteiger partial charge is 0.505 e. The molecule has 0 fully saturated rings. The van der Waals surface area contributed by atoms with E-state index in [1.165, 1.54) is 50.2 Å². The van der Waals surface area contributed by atoms with Crippen molar-refractivity contribution in [3.05, 3.63) is 106 Å². The second-order valence-electron chi connectivity index (χ2n) is 9.57. The Labute approximate surface area is 235 Å². The van der Waals surface area contributed by atoms with Crippen LogP contribution in [-0.2, 0) is 11.0 Å². The normalized spacial score (nSPS) is 13.9. The number of anilines is 3. The average molecular weight is 581 g/mol. The van der Waals surface area contributed by atoms with E-state index in [2.05, 4.69) is 10.5 Å². The Bertz CT molecular complexity index is 1790. The van der Waals surface area contributed by atoms with Gasteiger partial charge in [-0.2, -0.15) is 18.3 Å². The summed E-state index contributed by atoms with van der Waals surface area (Å²) < 4.78 is 69.6. The summed E-state index contributed by atoms with van der Waals surface area (Å²) >= 11 is 0. The van der Waals surface area contributed by atoms with Crippen LogP contribution >= 0.6 is 0 Å². The lowest BCUT2D eigenvalue weighted by Gasteiger charge is -2.20. The summed E-state index contributed by atoms with van der Waals surface area (Å²) in [7, 11) is 0. The van der Waals surface area contributed by atoms with Gasteiger partial charge in [0.1, 0.15) is 23.1 Å². The number of aromatic carboxylic acids is 1. The number of hydrazone groups is 1. The molecule has 0 radical (unpaired) electrons. The Kier molecular flexibility index (Phi) is 6.93. The van der Waals surface area contributed by atoms with E-state index < -0.39 is 41.0 Å². The fraction of sp³-hybridized carbons (Fsp3) is 0.100. The maximum Gasteiger partial charge on any atom is 0.416 e. The van der Waals surface area contributed by atoms with Crippen LogP contribution in [0.1, 0.15) is 32.6 Å². The van der Waals surface area contributed by atoms with E-state index in [4.69, 9.17) is 0 Å². The van der Waals surface area contributed by atoms with Crippen LogP contribution in [-0.4, -0.2) is 27.8 Å². The van der Waals surface area contributed by atoms with Gasteiger partial charge in [0.2, 0.25) is 0 Å². The Morgan fingerprint density at radius 1 is 0.929 bits per heavy atom. The highest BCUT2D eigenvalue weighted by Crippen LogP contribution is 2.42. The van der Waals surface area contributed by atoms with Crippen molar-refractivity contribution in [2.24, 2.45) is 5.10 Å². The number of aromatic hydroxyl groups is 1. The van der Waals surface area contributed by atoms with Gasteiger partial charge in [0.25, 0.3) is 5.91 Å². The van der Waals surface area contributed by atoms with Crippen molar-refractivity contribution in [1.82, 2.24) is 0 Å². The zero-order valence-corrected chi connectivity index (χ0v) is 21.8. The second kappa shape index (κ2) is 10.3. The number of hydrogen-bond acceptors (Lipinski definition) is 5. The maximum absolute atomic E-state index is 14.6. The van der Waals surface area contributed by atoms with Gasteiger partial charge in [0.05, 0.1) is 22.5 Å². The number of amides is 1. The summed E-state index contributed by atoms with van der Waals surface area (Å²) in [4.78, 5) is 25.9. The Morgan fingerprint density at radius 3 is 2.26 bits per heavy atom. The molecule has 0 atom stereocenters. The first-order valence-electron chi connectivity index (χ1n) is 12.3. The molecule has 0 aromatic heterocycles. The zero-order valence-electron chi connectivity index (χ0n) is 21.8. The minimum Gasteiger partial charge on any atom is -0.505 e. The number of carboxylic acid groups (broad SMARTS) is 1. The number of halogens is 5. The molecule has 0 spiro atoms. The molecule has 0 bridgehead atoms. The van der Waals surface area contributed by atoms with E-state index in [9.17, 15) is 41.8 Å². The van der Waals surface area contributed by atoms with Crippen molar-refractivity contribution in [3.8, 4) is 16.9 Å². The predicted molar refractivity (Wildman–Crippen MR) is 145 cm³/mol. The standard InChI is InChI=1S/C30H20F5N3O4/c1-14-8-20(9-15(2)25(14)32)38-24-11-18(30(33,34)35)6-7-21(24)26(28(38)40)37-36-23-13-19(31)12-22(27(23)39)16-4-3-5-17(10-16)29(41)42/h3-13,36,39H,1-2H3,(H,41,42)/b37-26-. The van der Waals surface area contributed by atoms with Crippen LogP contribution in [0.2, 0.25) is 0 Å². The van der Waals surface area contributed by atoms with Crippen LogP contribution in [0.4, 0.5) is 39.0 Å². The average Bonchev–Trinajstić information content (AvgIpc) is 3.21. The van der Waals surface area contributed by atoms with E-state index in [1.807, 2.05) is 0 Å². The number of nitrogens with zero attached hydrogens (tertiary/aromatic N) is 2. The lowest BCUT2D eigenvalue weighted by molar-refractivity contribution is -0.137. The highest BCUT2D eigenvalue weighted by Gasteiger charge is 2.39. The highest BCUT2D eigenvalue weighted by atomic mass is 19.4. The number of benzene rings is 4. The first-order chi connectivity index (χ1) is 19.8. The second-order valence-corrected chi connectivity index (χ2v) is 9.57. The molecule has 1 aliphatic rings. The summed E-state index contributed by atoms with van der Waals surface area (Å²) in [6.07, 6.45) is -4.72. The molecule has 0 saturated heterocycles. The lowest BCUT2D eigenvalue weighted by atomic mass is 10.0. The maximum atomic E-state index is 14.6. The number of nitrogens with one attached hydrogen (secondary N) is 1. The fourth-order valence-electron chi connectivity index (χ4n) is 4.68. The van der Waals surface area contributed by atoms with E-state index >= 15 is 0 Å². The molecule has 12 heteroatoms. The predicted octanol–water partition coefficient (Wildman–Crippen LogP) is 7.17. The van der Waals surface area contributed by atoms with Gasteiger partial charge in [-0.25, -0.2) is 13.6 Å². The number of phenols is 1. The molecule has 1 heterocycles. The summed E-state index contributed by atoms with van der Waals surface area (Å²) in [5.41, 5.74) is 1.02. The van der Waals surface area contributed by atoms with Gasteiger partial charge >= 0.3 is 12.1 Å². The topological polar surface area (TPSA) is 102 Å². The molecule has 4 aromatic carbocycles. The minimum atomic E-state index is -4.72. The number of alkyl halides is 3. The number of carboxylic acids is 1. The number of aryl methyl sites for hydroxylation is 2. The van der Waals surface area contributed by atoms with Crippen molar-refractivity contribution >= 4 is 34.7 Å². The van der Waals surface area contributed by atoms with Crippen molar-refractivity contribution in [2.75, 3.05) is 10.3 Å². The van der Waals surface area contributed by atoms with Gasteiger partial charge in [-0.1, -0.05) is 12.1 Å². The SMILES string of the molecule is Cc1cc(N2C(=O)/C(=N\Nc3cc(F)cc(-c4cccc(C(=O)O)c4)c3O)c3ccc(C(F)(F)F)cc32)cc(C)c1F. The van der Waals surface area contributed by atoms with Crippen LogP contribution in [0, 0.1) is 25.5 Å². The summed E-state index contributed by atoms with van der Waals surface area (Å²) in [5, 5.41) is 24.2. The quantitative estimate of drug-likeness (QED) is 0.132. The molecule has 0 saturated carbocycles. The molecule has 0 unspecified atom stereocenters. The number of hydrogen-bond donors (Lipinski definition) is 3. The molecule has 7 nitrogen and oxygen atoms in total. The molecule has 5 rings (SSSR count). The molecule has 4 aromatic rings. The number of carbonyl (C=O) groups is 2. The molecule has 0 aliphatic carbocycles. The third kappa shape index (κ3) is 5.02. The van der Waals surface area contributed by atoms with Crippen LogP contribution in [0.25, 0.3) is 11.1 Å².